The largest absolute Gasteiger partial charge is 0.500 e. The maximum atomic E-state index is 5.88. The molecule has 0 amide bonds. The Morgan fingerprint density at radius 2 is 1.61 bits per heavy atom. The summed E-state index contributed by atoms with van der Waals surface area (Å²) in [5.41, 5.74) is 0. The number of hydrogen-bond donors (Lipinski definition) is 0. The van der Waals surface area contributed by atoms with Crippen LogP contribution in [-0.4, -0.2) is 28.6 Å². The van der Waals surface area contributed by atoms with Gasteiger partial charge in [0.25, 0.3) is 0 Å². The van der Waals surface area contributed by atoms with Crippen LogP contribution >= 0.6 is 0 Å². The Morgan fingerprint density at radius 1 is 1.00 bits per heavy atom. The Morgan fingerprint density at radius 3 is 2.06 bits per heavy atom. The molecule has 0 N–H and O–H groups in total. The second-order valence-electron chi connectivity index (χ2n) is 4.67. The Balaban J connectivity index is 2.49. The molecule has 1 aliphatic rings. The van der Waals surface area contributed by atoms with Crippen molar-refractivity contribution in [1.29, 1.82) is 0 Å². The van der Waals surface area contributed by atoms with Gasteiger partial charge in [0.15, 0.2) is 0 Å². The van der Waals surface area contributed by atoms with Gasteiger partial charge in [0.1, 0.15) is 0 Å². The summed E-state index contributed by atoms with van der Waals surface area (Å²) in [5.74, 6) is 0.781. The highest BCUT2D eigenvalue weighted by atomic mass is 28.4. The van der Waals surface area contributed by atoms with Gasteiger partial charge in [-0.25, -0.2) is 0 Å². The highest BCUT2D eigenvalue weighted by Gasteiger charge is 2.40. The fourth-order valence-electron chi connectivity index (χ4n) is 2.50. The van der Waals surface area contributed by atoms with Gasteiger partial charge in [0, 0.05) is 25.9 Å². The molecule has 0 fully saturated rings. The maximum absolute atomic E-state index is 5.88. The van der Waals surface area contributed by atoms with Crippen molar-refractivity contribution in [2.45, 2.75) is 52.5 Å². The van der Waals surface area contributed by atoms with E-state index in [9.17, 15) is 0 Å². The van der Waals surface area contributed by atoms with Crippen LogP contribution in [-0.2, 0) is 13.3 Å². The zero-order valence-electron chi connectivity index (χ0n) is 12.1. The third-order valence-electron chi connectivity index (χ3n) is 3.33. The minimum atomic E-state index is -2.40. The van der Waals surface area contributed by atoms with Crippen LogP contribution in [0.4, 0.5) is 0 Å². The van der Waals surface area contributed by atoms with E-state index < -0.39 is 8.80 Å². The standard InChI is InChI=1S/C14H28O3Si/c1-4-15-18(16-5-2,17-6-3)13-12-14-10-8-7-9-11-14/h7-8,14H,4-6,9-13H2,1-3H3/t14-/m1/s1. The lowest BCUT2D eigenvalue weighted by Crippen LogP contribution is -2.46. The van der Waals surface area contributed by atoms with Crippen LogP contribution in [0.5, 0.6) is 0 Å². The third-order valence-corrected chi connectivity index (χ3v) is 6.42. The average molecular weight is 272 g/mol. The van der Waals surface area contributed by atoms with E-state index in [1.54, 1.807) is 0 Å². The zero-order valence-corrected chi connectivity index (χ0v) is 13.1. The molecule has 18 heavy (non-hydrogen) atoms. The van der Waals surface area contributed by atoms with Crippen LogP contribution in [0.25, 0.3) is 0 Å². The fraction of sp³-hybridized carbons (Fsp3) is 0.857. The predicted molar refractivity (Wildman–Crippen MR) is 76.5 cm³/mol. The van der Waals surface area contributed by atoms with E-state index >= 15 is 0 Å². The SMILES string of the molecule is CCO[Si](CC[C@@H]1CC=CCC1)(OCC)OCC. The molecule has 0 aromatic rings. The predicted octanol–water partition coefficient (Wildman–Crippen LogP) is 3.78. The van der Waals surface area contributed by atoms with Crippen LogP contribution in [0.1, 0.15) is 46.5 Å². The summed E-state index contributed by atoms with van der Waals surface area (Å²) in [5, 5.41) is 0. The van der Waals surface area contributed by atoms with Crippen molar-refractivity contribution in [3.8, 4) is 0 Å². The normalized spacial score (nSPS) is 20.3. The minimum absolute atomic E-state index is 0.677. The first-order chi connectivity index (χ1) is 8.76. The molecule has 3 nitrogen and oxygen atoms in total. The van der Waals surface area contributed by atoms with Crippen molar-refractivity contribution in [2.75, 3.05) is 19.8 Å². The highest BCUT2D eigenvalue weighted by Crippen LogP contribution is 2.27. The van der Waals surface area contributed by atoms with Crippen LogP contribution in [0.15, 0.2) is 12.2 Å². The molecular formula is C14H28O3Si. The highest BCUT2D eigenvalue weighted by molar-refractivity contribution is 6.60. The summed E-state index contributed by atoms with van der Waals surface area (Å²) in [4.78, 5) is 0. The summed E-state index contributed by atoms with van der Waals surface area (Å²) in [6.07, 6.45) is 9.47. The van der Waals surface area contributed by atoms with Gasteiger partial charge in [-0.2, -0.15) is 0 Å². The molecule has 1 aliphatic carbocycles. The topological polar surface area (TPSA) is 27.7 Å². The molecule has 0 saturated heterocycles. The van der Waals surface area contributed by atoms with E-state index in [-0.39, 0.29) is 0 Å². The first kappa shape index (κ1) is 15.9. The molecular weight excluding hydrogens is 244 g/mol. The summed E-state index contributed by atoms with van der Waals surface area (Å²) in [7, 11) is -2.40. The van der Waals surface area contributed by atoms with E-state index in [0.29, 0.717) is 19.8 Å². The fourth-order valence-corrected chi connectivity index (χ4v) is 5.26. The van der Waals surface area contributed by atoms with Crippen molar-refractivity contribution in [2.24, 2.45) is 5.92 Å². The van der Waals surface area contributed by atoms with E-state index in [4.69, 9.17) is 13.3 Å². The van der Waals surface area contributed by atoms with E-state index in [2.05, 4.69) is 12.2 Å². The first-order valence-electron chi connectivity index (χ1n) is 7.33. The lowest BCUT2D eigenvalue weighted by molar-refractivity contribution is 0.0694. The second-order valence-corrected chi connectivity index (χ2v) is 7.40. The summed E-state index contributed by atoms with van der Waals surface area (Å²) in [6.45, 7) is 8.08. The average Bonchev–Trinajstić information content (AvgIpc) is 2.39. The Bertz CT molecular complexity index is 226. The summed E-state index contributed by atoms with van der Waals surface area (Å²) >= 11 is 0. The van der Waals surface area contributed by atoms with E-state index in [0.717, 1.165) is 18.4 Å². The van der Waals surface area contributed by atoms with Crippen LogP contribution in [0, 0.1) is 5.92 Å². The zero-order chi connectivity index (χ0) is 13.3. The smallest absolute Gasteiger partial charge is 0.374 e. The molecule has 0 aromatic heterocycles. The van der Waals surface area contributed by atoms with Crippen molar-refractivity contribution in [1.82, 2.24) is 0 Å². The summed E-state index contributed by atoms with van der Waals surface area (Å²) in [6, 6.07) is 0.959. The number of allylic oxidation sites excluding steroid dienone is 2. The molecule has 0 aromatic carbocycles. The van der Waals surface area contributed by atoms with Crippen LogP contribution < -0.4 is 0 Å². The number of rotatable bonds is 9. The molecule has 106 valence electrons. The Kier molecular flexibility index (Phi) is 7.82. The van der Waals surface area contributed by atoms with Crippen LogP contribution in [0.2, 0.25) is 6.04 Å². The lowest BCUT2D eigenvalue weighted by atomic mass is 9.92. The van der Waals surface area contributed by atoms with Crippen molar-refractivity contribution in [3.63, 3.8) is 0 Å². The molecule has 0 saturated carbocycles. The van der Waals surface area contributed by atoms with Gasteiger partial charge in [-0.1, -0.05) is 12.2 Å². The van der Waals surface area contributed by atoms with Gasteiger partial charge in [0.05, 0.1) is 0 Å². The van der Waals surface area contributed by atoms with Crippen molar-refractivity contribution < 1.29 is 13.3 Å². The van der Waals surface area contributed by atoms with E-state index in [1.165, 1.54) is 19.3 Å². The molecule has 0 unspecified atom stereocenters. The molecule has 0 bridgehead atoms. The lowest BCUT2D eigenvalue weighted by Gasteiger charge is -2.30. The Hall–Kier alpha value is -0.163. The molecule has 0 radical (unpaired) electrons. The molecule has 1 rings (SSSR count). The molecule has 0 spiro atoms. The van der Waals surface area contributed by atoms with Gasteiger partial charge >= 0.3 is 8.80 Å². The van der Waals surface area contributed by atoms with E-state index in [1.807, 2.05) is 20.8 Å². The molecule has 4 heteroatoms. The quantitative estimate of drug-likeness (QED) is 0.472. The van der Waals surface area contributed by atoms with Crippen molar-refractivity contribution >= 4 is 8.80 Å². The first-order valence-corrected chi connectivity index (χ1v) is 9.26. The van der Waals surface area contributed by atoms with Gasteiger partial charge in [-0.05, 0) is 52.4 Å². The molecule has 0 heterocycles. The van der Waals surface area contributed by atoms with Gasteiger partial charge in [-0.15, -0.1) is 0 Å². The maximum Gasteiger partial charge on any atom is 0.500 e. The molecule has 1 atom stereocenters. The molecule has 0 aliphatic heterocycles. The van der Waals surface area contributed by atoms with Crippen molar-refractivity contribution in [3.05, 3.63) is 12.2 Å². The monoisotopic (exact) mass is 272 g/mol. The second kappa shape index (κ2) is 8.86. The third kappa shape index (κ3) is 5.22. The van der Waals surface area contributed by atoms with Crippen LogP contribution in [0.3, 0.4) is 0 Å². The van der Waals surface area contributed by atoms with Gasteiger partial charge in [0.2, 0.25) is 0 Å². The van der Waals surface area contributed by atoms with Gasteiger partial charge in [-0.3, -0.25) is 0 Å². The van der Waals surface area contributed by atoms with Gasteiger partial charge < -0.3 is 13.3 Å². The summed E-state index contributed by atoms with van der Waals surface area (Å²) < 4.78 is 17.6. The minimum Gasteiger partial charge on any atom is -0.374 e. The Labute approximate surface area is 113 Å². The number of hydrogen-bond acceptors (Lipinski definition) is 3.